The van der Waals surface area contributed by atoms with Crippen LogP contribution in [-0.2, 0) is 19.2 Å². The SMILES string of the molecule is CC(C)(C)[Si](C)(C)OCCN(CCO[Si](C)(C)C(C)(C)C)c1ccc(/C=C/c2ccc(/C=C/C3=C(C#N)C(=C(C#N)C#N)OC3(c3ccccc3)C(F)(F)F)s2)cc1. The lowest BCUT2D eigenvalue weighted by Gasteiger charge is -2.38. The second kappa shape index (κ2) is 18.1. The Bertz CT molecular complexity index is 2130. The molecule has 1 unspecified atom stereocenters. The molecule has 0 saturated heterocycles. The van der Waals surface area contributed by atoms with E-state index in [1.54, 1.807) is 30.3 Å². The molecule has 1 aliphatic heterocycles. The molecule has 58 heavy (non-hydrogen) atoms. The van der Waals surface area contributed by atoms with Crippen LogP contribution in [0.1, 0.15) is 62.4 Å². The van der Waals surface area contributed by atoms with E-state index >= 15 is 13.2 Å². The van der Waals surface area contributed by atoms with Gasteiger partial charge in [-0.25, -0.2) is 0 Å². The Morgan fingerprint density at radius 2 is 1.24 bits per heavy atom. The lowest BCUT2D eigenvalue weighted by Crippen LogP contribution is -2.44. The molecular formula is C45H53F3N4O3SSi2. The second-order valence-corrected chi connectivity index (χ2v) is 27.9. The predicted octanol–water partition coefficient (Wildman–Crippen LogP) is 12.4. The van der Waals surface area contributed by atoms with E-state index in [0.717, 1.165) is 29.2 Å². The zero-order chi connectivity index (χ0) is 43.2. The van der Waals surface area contributed by atoms with Gasteiger partial charge in [0.25, 0.3) is 5.60 Å². The van der Waals surface area contributed by atoms with Gasteiger partial charge in [0.15, 0.2) is 28.0 Å². The van der Waals surface area contributed by atoms with Crippen LogP contribution in [0.25, 0.3) is 18.2 Å². The monoisotopic (exact) mass is 842 g/mol. The van der Waals surface area contributed by atoms with Crippen LogP contribution in [0.5, 0.6) is 0 Å². The summed E-state index contributed by atoms with van der Waals surface area (Å²) in [5.41, 5.74) is -3.12. The van der Waals surface area contributed by atoms with E-state index in [9.17, 15) is 15.8 Å². The zero-order valence-electron chi connectivity index (χ0n) is 35.0. The van der Waals surface area contributed by atoms with Crippen molar-refractivity contribution in [2.45, 2.75) is 89.6 Å². The van der Waals surface area contributed by atoms with Crippen LogP contribution in [0.4, 0.5) is 18.9 Å². The summed E-state index contributed by atoms with van der Waals surface area (Å²) in [5.74, 6) is -0.698. The van der Waals surface area contributed by atoms with E-state index < -0.39 is 50.9 Å². The van der Waals surface area contributed by atoms with Crippen molar-refractivity contribution in [3.63, 3.8) is 0 Å². The molecule has 1 atom stereocenters. The number of allylic oxidation sites excluding steroid dienone is 2. The zero-order valence-corrected chi connectivity index (χ0v) is 37.9. The van der Waals surface area contributed by atoms with Gasteiger partial charge in [0.05, 0.1) is 13.2 Å². The molecule has 1 aromatic heterocycles. The summed E-state index contributed by atoms with van der Waals surface area (Å²) in [6.45, 7) is 25.2. The predicted molar refractivity (Wildman–Crippen MR) is 233 cm³/mol. The molecule has 0 amide bonds. The van der Waals surface area contributed by atoms with Crippen molar-refractivity contribution in [1.29, 1.82) is 15.8 Å². The Hall–Kier alpha value is -4.69. The molecule has 2 aromatic carbocycles. The molecule has 0 spiro atoms. The van der Waals surface area contributed by atoms with Crippen LogP contribution in [0, 0.1) is 34.0 Å². The average Bonchev–Trinajstić information content (AvgIpc) is 3.75. The number of benzene rings is 2. The third-order valence-electron chi connectivity index (χ3n) is 11.3. The number of thiophene rings is 1. The van der Waals surface area contributed by atoms with E-state index in [1.807, 2.05) is 18.2 Å². The Morgan fingerprint density at radius 3 is 1.69 bits per heavy atom. The van der Waals surface area contributed by atoms with Crippen LogP contribution in [0.2, 0.25) is 36.3 Å². The third-order valence-corrected chi connectivity index (χ3v) is 21.4. The van der Waals surface area contributed by atoms with E-state index in [0.29, 0.717) is 18.1 Å². The summed E-state index contributed by atoms with van der Waals surface area (Å²) in [6, 6.07) is 23.7. The number of rotatable bonds is 14. The minimum atomic E-state index is -5.05. The maximum atomic E-state index is 15.1. The van der Waals surface area contributed by atoms with Crippen LogP contribution >= 0.6 is 11.3 Å². The van der Waals surface area contributed by atoms with Crippen molar-refractivity contribution in [3.8, 4) is 18.2 Å². The van der Waals surface area contributed by atoms with Gasteiger partial charge < -0.3 is 18.5 Å². The Balaban J connectivity index is 1.57. The van der Waals surface area contributed by atoms with Crippen molar-refractivity contribution in [3.05, 3.63) is 116 Å². The topological polar surface area (TPSA) is 102 Å². The molecule has 4 rings (SSSR count). The van der Waals surface area contributed by atoms with E-state index in [4.69, 9.17) is 13.6 Å². The van der Waals surface area contributed by atoms with Gasteiger partial charge in [0.2, 0.25) is 0 Å². The minimum Gasteiger partial charge on any atom is -0.465 e. The molecule has 0 aliphatic carbocycles. The number of nitriles is 3. The Morgan fingerprint density at radius 1 is 0.741 bits per heavy atom. The van der Waals surface area contributed by atoms with E-state index in [1.165, 1.54) is 47.8 Å². The second-order valence-electron chi connectivity index (χ2n) is 17.2. The first-order chi connectivity index (χ1) is 27.0. The highest BCUT2D eigenvalue weighted by atomic mass is 32.1. The molecule has 7 nitrogen and oxygen atoms in total. The van der Waals surface area contributed by atoms with E-state index in [-0.39, 0.29) is 15.6 Å². The standard InChI is InChI=1S/C45H53F3N4O3SSi2/c1-42(2,3)57(7,8)53-28-26-52(27-29-54-58(9,10)43(4,5)6)36-19-16-33(17-20-36)18-21-37-22-23-38(56-37)24-25-40-39(32-51)41(34(30-49)31-50)55-44(40,45(46,47)48)35-14-12-11-13-15-35/h11-25H,26-29H2,1-10H3/b21-18+,25-24+. The molecule has 0 N–H and O–H groups in total. The molecule has 0 bridgehead atoms. The van der Waals surface area contributed by atoms with Crippen molar-refractivity contribution in [2.75, 3.05) is 31.2 Å². The summed E-state index contributed by atoms with van der Waals surface area (Å²) in [7, 11) is -3.83. The third kappa shape index (κ3) is 10.3. The van der Waals surface area contributed by atoms with Gasteiger partial charge in [0, 0.05) is 39.7 Å². The maximum absolute atomic E-state index is 15.1. The number of anilines is 1. The van der Waals surface area contributed by atoms with Crippen LogP contribution in [0.3, 0.4) is 0 Å². The minimum absolute atomic E-state index is 0.116. The number of hydrogen-bond acceptors (Lipinski definition) is 8. The average molecular weight is 843 g/mol. The normalized spacial score (nSPS) is 16.7. The van der Waals surface area contributed by atoms with Gasteiger partial charge in [-0.05, 0) is 78.2 Å². The molecular weight excluding hydrogens is 790 g/mol. The molecule has 0 radical (unpaired) electrons. The molecule has 2 heterocycles. The highest BCUT2D eigenvalue weighted by molar-refractivity contribution is 7.13. The molecule has 3 aromatic rings. The highest BCUT2D eigenvalue weighted by Crippen LogP contribution is 2.56. The number of halogens is 3. The largest absolute Gasteiger partial charge is 0.465 e. The smallest absolute Gasteiger partial charge is 0.437 e. The van der Waals surface area contributed by atoms with Crippen LogP contribution in [-0.4, -0.2) is 49.1 Å². The summed E-state index contributed by atoms with van der Waals surface area (Å²) in [5, 5.41) is 29.3. The number of ether oxygens (including phenoxy) is 1. The van der Waals surface area contributed by atoms with Crippen molar-refractivity contribution in [1.82, 2.24) is 0 Å². The number of hydrogen-bond donors (Lipinski definition) is 0. The first-order valence-corrected chi connectivity index (χ1v) is 25.7. The Labute approximate surface area is 348 Å². The van der Waals surface area contributed by atoms with Crippen molar-refractivity contribution < 1.29 is 26.8 Å². The van der Waals surface area contributed by atoms with Gasteiger partial charge in [-0.15, -0.1) is 11.3 Å². The van der Waals surface area contributed by atoms with Gasteiger partial charge in [-0.1, -0.05) is 96.2 Å². The van der Waals surface area contributed by atoms with Gasteiger partial charge in [-0.3, -0.25) is 0 Å². The van der Waals surface area contributed by atoms with E-state index in [2.05, 4.69) is 96.9 Å². The Kier molecular flexibility index (Phi) is 14.3. The lowest BCUT2D eigenvalue weighted by molar-refractivity contribution is -0.249. The van der Waals surface area contributed by atoms with Crippen molar-refractivity contribution >= 4 is 51.9 Å². The fourth-order valence-corrected chi connectivity index (χ4v) is 8.63. The van der Waals surface area contributed by atoms with Gasteiger partial charge in [-0.2, -0.15) is 29.0 Å². The van der Waals surface area contributed by atoms with Gasteiger partial charge in [0.1, 0.15) is 23.8 Å². The summed E-state index contributed by atoms with van der Waals surface area (Å²) >= 11 is 1.35. The number of nitrogens with zero attached hydrogens (tertiary/aromatic N) is 4. The fourth-order valence-electron chi connectivity index (χ4n) is 5.75. The van der Waals surface area contributed by atoms with Crippen LogP contribution in [0.15, 0.2) is 95.3 Å². The molecule has 0 saturated carbocycles. The molecule has 306 valence electrons. The quantitative estimate of drug-likeness (QED) is 0.118. The maximum Gasteiger partial charge on any atom is 0.437 e. The fraction of sp³-hybridized carbons (Fsp3) is 0.400. The molecule has 0 fully saturated rings. The molecule has 1 aliphatic rings. The molecule has 13 heteroatoms. The first-order valence-electron chi connectivity index (χ1n) is 19.1. The van der Waals surface area contributed by atoms with Gasteiger partial charge >= 0.3 is 6.18 Å². The summed E-state index contributed by atoms with van der Waals surface area (Å²) in [6.07, 6.45) is 1.53. The number of alkyl halides is 3. The summed E-state index contributed by atoms with van der Waals surface area (Å²) in [4.78, 5) is 3.80. The van der Waals surface area contributed by atoms with Crippen molar-refractivity contribution in [2.24, 2.45) is 0 Å². The first kappa shape index (κ1) is 46.0. The highest BCUT2D eigenvalue weighted by Gasteiger charge is 2.65. The summed E-state index contributed by atoms with van der Waals surface area (Å²) < 4.78 is 64.0. The van der Waals surface area contributed by atoms with Crippen LogP contribution < -0.4 is 4.90 Å². The lowest BCUT2D eigenvalue weighted by atomic mass is 9.84.